The van der Waals surface area contributed by atoms with E-state index in [1.807, 2.05) is 6.08 Å². The van der Waals surface area contributed by atoms with E-state index in [0.29, 0.717) is 17.7 Å². The zero-order valence-corrected chi connectivity index (χ0v) is 13.3. The molecule has 5 heteroatoms. The summed E-state index contributed by atoms with van der Waals surface area (Å²) in [6.07, 6.45) is 4.83. The number of piperidine rings is 1. The molecule has 5 nitrogen and oxygen atoms in total. The lowest BCUT2D eigenvalue weighted by atomic mass is 9.51. The number of hydrogen-bond acceptors (Lipinski definition) is 5. The summed E-state index contributed by atoms with van der Waals surface area (Å²) < 4.78 is 12.1. The molecule has 0 aromatic rings. The lowest BCUT2D eigenvalue weighted by Gasteiger charge is -2.57. The van der Waals surface area contributed by atoms with Gasteiger partial charge in [0.2, 0.25) is 0 Å². The van der Waals surface area contributed by atoms with Crippen molar-refractivity contribution in [1.29, 1.82) is 0 Å². The van der Waals surface area contributed by atoms with Gasteiger partial charge >= 0.3 is 0 Å². The third-order valence-electron chi connectivity index (χ3n) is 7.33. The van der Waals surface area contributed by atoms with Crippen LogP contribution in [0.1, 0.15) is 19.8 Å². The Morgan fingerprint density at radius 3 is 3.00 bits per heavy atom. The van der Waals surface area contributed by atoms with Gasteiger partial charge < -0.3 is 24.6 Å². The number of fused-ring (bicyclic) bond motifs is 2. The second kappa shape index (κ2) is 3.53. The van der Waals surface area contributed by atoms with Crippen LogP contribution in [0.3, 0.4) is 0 Å². The normalized spacial score (nSPS) is 55.5. The van der Waals surface area contributed by atoms with Crippen LogP contribution < -0.4 is 0 Å². The molecule has 3 aliphatic carbocycles. The van der Waals surface area contributed by atoms with E-state index in [4.69, 9.17) is 9.47 Å². The smallest absolute Gasteiger partial charge is 0.167 e. The third-order valence-corrected chi connectivity index (χ3v) is 7.33. The van der Waals surface area contributed by atoms with Crippen molar-refractivity contribution in [3.8, 4) is 0 Å². The van der Waals surface area contributed by atoms with E-state index < -0.39 is 6.10 Å². The molecule has 2 N–H and O–H groups in total. The maximum Gasteiger partial charge on any atom is 0.167 e. The van der Waals surface area contributed by atoms with Gasteiger partial charge in [0.1, 0.15) is 17.8 Å². The summed E-state index contributed by atoms with van der Waals surface area (Å²) in [6, 6.07) is 0.415. The van der Waals surface area contributed by atoms with Gasteiger partial charge in [-0.25, -0.2) is 0 Å². The number of allylic oxidation sites excluding steroid dienone is 1. The minimum Gasteiger partial charge on any atom is -0.506 e. The predicted molar refractivity (Wildman–Crippen MR) is 81.6 cm³/mol. The van der Waals surface area contributed by atoms with E-state index in [1.165, 1.54) is 5.57 Å². The molecule has 0 radical (unpaired) electrons. The highest BCUT2D eigenvalue weighted by atomic mass is 16.6. The number of rotatable bonds is 0. The highest BCUT2D eigenvalue weighted by Crippen LogP contribution is 2.69. The topological polar surface area (TPSA) is 65.5 Å². The van der Waals surface area contributed by atoms with Gasteiger partial charge in [-0.15, -0.1) is 0 Å². The molecule has 122 valence electrons. The first-order chi connectivity index (χ1) is 11.0. The van der Waals surface area contributed by atoms with E-state index in [1.54, 1.807) is 0 Å². The second-order valence-corrected chi connectivity index (χ2v) is 8.16. The monoisotopic (exact) mass is 315 g/mol. The van der Waals surface area contributed by atoms with Gasteiger partial charge in [0.05, 0.1) is 0 Å². The van der Waals surface area contributed by atoms with E-state index >= 15 is 0 Å². The first-order valence-corrected chi connectivity index (χ1v) is 8.57. The Labute approximate surface area is 134 Å². The van der Waals surface area contributed by atoms with Crippen molar-refractivity contribution in [2.45, 2.75) is 49.7 Å². The molecule has 0 amide bonds. The van der Waals surface area contributed by atoms with Crippen LogP contribution in [0.2, 0.25) is 0 Å². The Morgan fingerprint density at radius 1 is 1.35 bits per heavy atom. The van der Waals surface area contributed by atoms with Crippen molar-refractivity contribution < 1.29 is 19.7 Å². The molecule has 2 bridgehead atoms. The fraction of sp³-hybridized carbons (Fsp3) is 0.667. The molecular formula is C18H21NO4. The van der Waals surface area contributed by atoms with Crippen molar-refractivity contribution in [2.75, 3.05) is 13.6 Å². The molecule has 1 spiro atoms. The van der Waals surface area contributed by atoms with Gasteiger partial charge in [-0.3, -0.25) is 0 Å². The van der Waals surface area contributed by atoms with E-state index in [-0.39, 0.29) is 29.0 Å². The molecule has 3 heterocycles. The minimum absolute atomic E-state index is 0.206. The van der Waals surface area contributed by atoms with Crippen LogP contribution in [0.5, 0.6) is 0 Å². The Morgan fingerprint density at radius 2 is 2.17 bits per heavy atom. The number of ether oxygens (including phenoxy) is 2. The molecular weight excluding hydrogens is 294 g/mol. The molecule has 3 fully saturated rings. The maximum atomic E-state index is 10.6. The van der Waals surface area contributed by atoms with Gasteiger partial charge in [-0.1, -0.05) is 12.2 Å². The average Bonchev–Trinajstić information content (AvgIpc) is 3.11. The Hall–Kier alpha value is -1.30. The quantitative estimate of drug-likeness (QED) is 0.520. The molecule has 0 aromatic heterocycles. The Balaban J connectivity index is 1.69. The molecule has 2 unspecified atom stereocenters. The highest BCUT2D eigenvalue weighted by Gasteiger charge is 2.73. The summed E-state index contributed by atoms with van der Waals surface area (Å²) in [5.41, 5.74) is 1.88. The number of nitrogens with zero attached hydrogens (tertiary/aromatic N) is 1. The van der Waals surface area contributed by atoms with Gasteiger partial charge in [0.15, 0.2) is 17.6 Å². The largest absolute Gasteiger partial charge is 0.506 e. The molecule has 7 atom stereocenters. The van der Waals surface area contributed by atoms with Crippen molar-refractivity contribution in [3.05, 3.63) is 34.8 Å². The number of aliphatic hydroxyl groups excluding tert-OH is 2. The Bertz CT molecular complexity index is 739. The van der Waals surface area contributed by atoms with E-state index in [0.717, 1.165) is 25.0 Å². The number of hydrogen-bond donors (Lipinski definition) is 2. The summed E-state index contributed by atoms with van der Waals surface area (Å²) in [5, 5.41) is 21.2. The fourth-order valence-electron chi connectivity index (χ4n) is 6.12. The molecule has 23 heavy (non-hydrogen) atoms. The maximum absolute atomic E-state index is 10.6. The SMILES string of the molecule is CN1CC[C@@]23C4=C5C[C@@H]1[C@@H]2C=C[C@H](O)[C@@H]3OC4=C(O)C1OC51C. The van der Waals surface area contributed by atoms with Crippen LogP contribution in [0.4, 0.5) is 0 Å². The molecule has 6 rings (SSSR count). The van der Waals surface area contributed by atoms with E-state index in [9.17, 15) is 10.2 Å². The molecule has 0 aromatic carbocycles. The second-order valence-electron chi connectivity index (χ2n) is 8.16. The third kappa shape index (κ3) is 1.17. The number of likely N-dealkylation sites (tertiary alicyclic amines) is 1. The van der Waals surface area contributed by atoms with Crippen molar-refractivity contribution in [2.24, 2.45) is 11.3 Å². The Kier molecular flexibility index (Phi) is 2.00. The van der Waals surface area contributed by atoms with Crippen LogP contribution in [0.15, 0.2) is 34.8 Å². The molecule has 3 saturated heterocycles. The summed E-state index contributed by atoms with van der Waals surface area (Å²) in [5.74, 6) is 1.18. The fourth-order valence-corrected chi connectivity index (χ4v) is 6.12. The number of epoxide rings is 1. The number of aliphatic hydroxyl groups is 2. The summed E-state index contributed by atoms with van der Waals surface area (Å²) in [7, 11) is 2.19. The minimum atomic E-state index is -0.613. The van der Waals surface area contributed by atoms with Crippen LogP contribution in [0, 0.1) is 11.3 Å². The van der Waals surface area contributed by atoms with Gasteiger partial charge in [0.25, 0.3) is 0 Å². The molecule has 0 saturated carbocycles. The van der Waals surface area contributed by atoms with Crippen LogP contribution in [-0.2, 0) is 9.47 Å². The predicted octanol–water partition coefficient (Wildman–Crippen LogP) is 1.26. The lowest BCUT2D eigenvalue weighted by molar-refractivity contribution is -0.0809. The standard InChI is InChI=1S/C18H21NO4/c1-17-9-7-10-8-3-4-11(20)15-18(8,5-6-19(10)2)12(9)14(22-15)13(21)16(17)23-17/h3-4,8,10-11,15-16,20-21H,5-7H2,1-2H3/t8-,10+,11-,15-,16?,17?,18-/m0/s1. The van der Waals surface area contributed by atoms with Crippen LogP contribution in [0.25, 0.3) is 0 Å². The van der Waals surface area contributed by atoms with Crippen molar-refractivity contribution in [3.63, 3.8) is 0 Å². The first-order valence-electron chi connectivity index (χ1n) is 8.57. The summed E-state index contributed by atoms with van der Waals surface area (Å²) in [4.78, 5) is 2.44. The van der Waals surface area contributed by atoms with Gasteiger partial charge in [-0.05, 0) is 38.9 Å². The average molecular weight is 315 g/mol. The van der Waals surface area contributed by atoms with Crippen LogP contribution >= 0.6 is 0 Å². The lowest BCUT2D eigenvalue weighted by Crippen LogP contribution is -2.62. The summed E-state index contributed by atoms with van der Waals surface area (Å²) in [6.45, 7) is 3.08. The molecule has 6 aliphatic rings. The van der Waals surface area contributed by atoms with Crippen molar-refractivity contribution >= 4 is 0 Å². The van der Waals surface area contributed by atoms with Gasteiger partial charge in [-0.2, -0.15) is 0 Å². The van der Waals surface area contributed by atoms with Gasteiger partial charge in [0, 0.05) is 22.9 Å². The molecule has 3 aliphatic heterocycles. The van der Waals surface area contributed by atoms with Crippen molar-refractivity contribution in [1.82, 2.24) is 4.90 Å². The zero-order chi connectivity index (χ0) is 15.7. The highest BCUT2D eigenvalue weighted by molar-refractivity contribution is 5.59. The zero-order valence-electron chi connectivity index (χ0n) is 13.3. The van der Waals surface area contributed by atoms with E-state index in [2.05, 4.69) is 24.9 Å². The summed E-state index contributed by atoms with van der Waals surface area (Å²) >= 11 is 0. The first kappa shape index (κ1) is 13.0. The van der Waals surface area contributed by atoms with Crippen LogP contribution in [-0.4, -0.2) is 58.7 Å².